The lowest BCUT2D eigenvalue weighted by atomic mass is 10.1. The number of hydrogen-bond donors (Lipinski definition) is 1. The molecule has 0 amide bonds. The normalized spacial score (nSPS) is 11.5. The molecule has 0 saturated carbocycles. The number of aromatic amines is 1. The minimum Gasteiger partial charge on any atom is -0.494 e. The number of nitrogens with one attached hydrogen (secondary N) is 1. The predicted molar refractivity (Wildman–Crippen MR) is 105 cm³/mol. The molecule has 0 aliphatic rings. The van der Waals surface area contributed by atoms with Gasteiger partial charge in [0.1, 0.15) is 16.6 Å². The van der Waals surface area contributed by atoms with Crippen LogP contribution in [0.25, 0.3) is 21.9 Å². The summed E-state index contributed by atoms with van der Waals surface area (Å²) in [4.78, 5) is 21.4. The molecule has 0 spiro atoms. The van der Waals surface area contributed by atoms with Crippen LogP contribution in [0.2, 0.25) is 0 Å². The summed E-state index contributed by atoms with van der Waals surface area (Å²) in [5.74, 6) is 1.08. The molecule has 0 fully saturated rings. The van der Waals surface area contributed by atoms with E-state index in [1.54, 1.807) is 6.08 Å². The standard InChI is InChI=1S/C20H19N3O2S/c1-4-9-25-16-7-5-14(6-8-16)10-15(11-21)18-22-19(24)17-12(2)13(3)26-20(17)23-18/h5-8,10H,4,9H2,1-3H3,(H,22,23,24)/b15-10+. The number of aryl methyl sites for hydroxylation is 2. The van der Waals surface area contributed by atoms with Crippen LogP contribution in [-0.2, 0) is 0 Å². The lowest BCUT2D eigenvalue weighted by Gasteiger charge is -2.04. The third-order valence-corrected chi connectivity index (χ3v) is 5.18. The highest BCUT2D eigenvalue weighted by Crippen LogP contribution is 2.27. The van der Waals surface area contributed by atoms with Crippen molar-refractivity contribution in [3.05, 3.63) is 56.4 Å². The first-order chi connectivity index (χ1) is 12.5. The van der Waals surface area contributed by atoms with Gasteiger partial charge in [0.25, 0.3) is 5.56 Å². The minimum absolute atomic E-state index is 0.212. The molecule has 6 heteroatoms. The first-order valence-corrected chi connectivity index (χ1v) is 9.20. The topological polar surface area (TPSA) is 78.8 Å². The number of fused-ring (bicyclic) bond motifs is 1. The van der Waals surface area contributed by atoms with Crippen molar-refractivity contribution in [2.24, 2.45) is 0 Å². The molecule has 2 heterocycles. The van der Waals surface area contributed by atoms with Crippen molar-refractivity contribution in [3.8, 4) is 11.8 Å². The maximum atomic E-state index is 12.4. The van der Waals surface area contributed by atoms with E-state index in [2.05, 4.69) is 23.0 Å². The highest BCUT2D eigenvalue weighted by Gasteiger charge is 2.13. The molecule has 1 aromatic carbocycles. The number of H-pyrrole nitrogens is 1. The molecular formula is C20H19N3O2S. The molecule has 0 aliphatic carbocycles. The van der Waals surface area contributed by atoms with Crippen molar-refractivity contribution in [1.82, 2.24) is 9.97 Å². The van der Waals surface area contributed by atoms with Gasteiger partial charge >= 0.3 is 0 Å². The largest absolute Gasteiger partial charge is 0.494 e. The van der Waals surface area contributed by atoms with Crippen molar-refractivity contribution in [1.29, 1.82) is 5.26 Å². The second kappa shape index (κ2) is 7.54. The van der Waals surface area contributed by atoms with Gasteiger partial charge in [0.15, 0.2) is 5.82 Å². The summed E-state index contributed by atoms with van der Waals surface area (Å²) in [6, 6.07) is 9.60. The van der Waals surface area contributed by atoms with Crippen LogP contribution >= 0.6 is 11.3 Å². The van der Waals surface area contributed by atoms with Crippen LogP contribution in [0, 0.1) is 25.2 Å². The lowest BCUT2D eigenvalue weighted by Crippen LogP contribution is -2.10. The fraction of sp³-hybridized carbons (Fsp3) is 0.250. The van der Waals surface area contributed by atoms with E-state index in [0.29, 0.717) is 22.4 Å². The maximum Gasteiger partial charge on any atom is 0.260 e. The van der Waals surface area contributed by atoms with Crippen LogP contribution in [0.4, 0.5) is 0 Å². The van der Waals surface area contributed by atoms with E-state index in [1.165, 1.54) is 11.3 Å². The summed E-state index contributed by atoms with van der Waals surface area (Å²) in [5.41, 5.74) is 1.88. The predicted octanol–water partition coefficient (Wildman–Crippen LogP) is 4.45. The second-order valence-electron chi connectivity index (χ2n) is 5.97. The van der Waals surface area contributed by atoms with E-state index in [9.17, 15) is 10.1 Å². The molecule has 0 aliphatic heterocycles. The van der Waals surface area contributed by atoms with Crippen LogP contribution in [-0.4, -0.2) is 16.6 Å². The van der Waals surface area contributed by atoms with Gasteiger partial charge in [-0.25, -0.2) is 4.98 Å². The summed E-state index contributed by atoms with van der Waals surface area (Å²) < 4.78 is 5.56. The molecule has 0 bridgehead atoms. The third-order valence-electron chi connectivity index (χ3n) is 4.08. The molecule has 132 valence electrons. The van der Waals surface area contributed by atoms with Crippen molar-refractivity contribution < 1.29 is 4.74 Å². The number of nitrogens with zero attached hydrogens (tertiary/aromatic N) is 2. The number of thiophene rings is 1. The Morgan fingerprint density at radius 1 is 1.35 bits per heavy atom. The summed E-state index contributed by atoms with van der Waals surface area (Å²) in [7, 11) is 0. The number of allylic oxidation sites excluding steroid dienone is 1. The zero-order valence-electron chi connectivity index (χ0n) is 14.9. The monoisotopic (exact) mass is 365 g/mol. The number of aromatic nitrogens is 2. The average molecular weight is 365 g/mol. The Bertz CT molecular complexity index is 1070. The minimum atomic E-state index is -0.212. The van der Waals surface area contributed by atoms with Crippen molar-refractivity contribution >= 4 is 33.2 Å². The Kier molecular flexibility index (Phi) is 5.19. The Morgan fingerprint density at radius 3 is 2.73 bits per heavy atom. The number of ether oxygens (including phenoxy) is 1. The van der Waals surface area contributed by atoms with E-state index in [-0.39, 0.29) is 11.4 Å². The van der Waals surface area contributed by atoms with Crippen LogP contribution in [0.5, 0.6) is 5.75 Å². The molecule has 3 rings (SSSR count). The second-order valence-corrected chi connectivity index (χ2v) is 7.17. The molecule has 0 atom stereocenters. The Morgan fingerprint density at radius 2 is 2.08 bits per heavy atom. The van der Waals surface area contributed by atoms with E-state index in [0.717, 1.165) is 28.2 Å². The highest BCUT2D eigenvalue weighted by atomic mass is 32.1. The van der Waals surface area contributed by atoms with Gasteiger partial charge in [-0.2, -0.15) is 5.26 Å². The zero-order chi connectivity index (χ0) is 18.7. The fourth-order valence-electron chi connectivity index (χ4n) is 2.58. The fourth-order valence-corrected chi connectivity index (χ4v) is 3.61. The lowest BCUT2D eigenvalue weighted by molar-refractivity contribution is 0.317. The smallest absolute Gasteiger partial charge is 0.260 e. The van der Waals surface area contributed by atoms with Gasteiger partial charge in [0, 0.05) is 4.88 Å². The zero-order valence-corrected chi connectivity index (χ0v) is 15.7. The summed E-state index contributed by atoms with van der Waals surface area (Å²) in [6.07, 6.45) is 2.66. The van der Waals surface area contributed by atoms with Gasteiger partial charge in [0.2, 0.25) is 0 Å². The Labute approximate surface area is 155 Å². The Balaban J connectivity index is 1.98. The van der Waals surface area contributed by atoms with E-state index < -0.39 is 0 Å². The molecule has 0 radical (unpaired) electrons. The molecule has 1 N–H and O–H groups in total. The van der Waals surface area contributed by atoms with E-state index >= 15 is 0 Å². The van der Waals surface area contributed by atoms with Crippen molar-refractivity contribution in [2.45, 2.75) is 27.2 Å². The highest BCUT2D eigenvalue weighted by molar-refractivity contribution is 7.18. The van der Waals surface area contributed by atoms with Gasteiger partial charge in [-0.3, -0.25) is 4.79 Å². The SMILES string of the molecule is CCCOc1ccc(/C=C(\C#N)c2nc3sc(C)c(C)c3c(=O)[nH]2)cc1. The number of rotatable bonds is 5. The summed E-state index contributed by atoms with van der Waals surface area (Å²) >= 11 is 1.47. The average Bonchev–Trinajstić information content (AvgIpc) is 2.93. The van der Waals surface area contributed by atoms with Gasteiger partial charge in [0.05, 0.1) is 17.6 Å². The van der Waals surface area contributed by atoms with Crippen LogP contribution in [0.3, 0.4) is 0 Å². The van der Waals surface area contributed by atoms with E-state index in [4.69, 9.17) is 4.74 Å². The first kappa shape index (κ1) is 17.9. The van der Waals surface area contributed by atoms with E-state index in [1.807, 2.05) is 38.1 Å². The number of nitriles is 1. The molecule has 5 nitrogen and oxygen atoms in total. The number of hydrogen-bond acceptors (Lipinski definition) is 5. The first-order valence-electron chi connectivity index (χ1n) is 8.38. The molecule has 2 aromatic heterocycles. The summed E-state index contributed by atoms with van der Waals surface area (Å²) in [6.45, 7) is 6.60. The van der Waals surface area contributed by atoms with Gasteiger partial charge < -0.3 is 9.72 Å². The van der Waals surface area contributed by atoms with Crippen molar-refractivity contribution in [2.75, 3.05) is 6.61 Å². The summed E-state index contributed by atoms with van der Waals surface area (Å²) in [5, 5.41) is 10.1. The maximum absolute atomic E-state index is 12.4. The van der Waals surface area contributed by atoms with Crippen LogP contribution in [0.1, 0.15) is 35.2 Å². The molecule has 26 heavy (non-hydrogen) atoms. The molecule has 0 saturated heterocycles. The molecule has 0 unspecified atom stereocenters. The van der Waals surface area contributed by atoms with Gasteiger partial charge in [-0.1, -0.05) is 19.1 Å². The molecule has 3 aromatic rings. The quantitative estimate of drug-likeness (QED) is 0.677. The molecular weight excluding hydrogens is 346 g/mol. The third kappa shape index (κ3) is 3.53. The Hall–Kier alpha value is -2.91. The van der Waals surface area contributed by atoms with Crippen LogP contribution < -0.4 is 10.3 Å². The van der Waals surface area contributed by atoms with Crippen LogP contribution in [0.15, 0.2) is 29.1 Å². The van der Waals surface area contributed by atoms with Gasteiger partial charge in [-0.15, -0.1) is 11.3 Å². The van der Waals surface area contributed by atoms with Gasteiger partial charge in [-0.05, 0) is 49.6 Å². The number of benzene rings is 1. The van der Waals surface area contributed by atoms with Crippen molar-refractivity contribution in [3.63, 3.8) is 0 Å².